The molecule has 108 valence electrons. The summed E-state index contributed by atoms with van der Waals surface area (Å²) in [5, 5.41) is 13.5. The van der Waals surface area contributed by atoms with Crippen LogP contribution < -0.4 is 10.2 Å². The number of carbonyl (C=O) groups excluding carboxylic acids is 1. The summed E-state index contributed by atoms with van der Waals surface area (Å²) in [6.45, 7) is 0. The summed E-state index contributed by atoms with van der Waals surface area (Å²) in [6.07, 6.45) is 1.37. The molecule has 0 fully saturated rings. The molecule has 0 heterocycles. The third-order valence-electron chi connectivity index (χ3n) is 2.71. The number of nitrogens with zero attached hydrogens (tertiary/aromatic N) is 1. The molecule has 0 aliphatic carbocycles. The minimum atomic E-state index is -0.391. The molecule has 0 saturated heterocycles. The van der Waals surface area contributed by atoms with E-state index < -0.39 is 5.91 Å². The van der Waals surface area contributed by atoms with Crippen molar-refractivity contribution in [2.24, 2.45) is 5.10 Å². The predicted octanol–water partition coefficient (Wildman–Crippen LogP) is 2.93. The Hall–Kier alpha value is -2.34. The Morgan fingerprint density at radius 2 is 2.10 bits per heavy atom. The number of hydrogen-bond acceptors (Lipinski definition) is 4. The Bertz CT molecular complexity index is 686. The number of para-hydroxylation sites is 1. The molecule has 0 aliphatic heterocycles. The smallest absolute Gasteiger partial charge is 0.275 e. The summed E-state index contributed by atoms with van der Waals surface area (Å²) in [5.74, 6) is 0.155. The largest absolute Gasteiger partial charge is 0.507 e. The molecule has 21 heavy (non-hydrogen) atoms. The van der Waals surface area contributed by atoms with Crippen molar-refractivity contribution in [3.8, 4) is 11.5 Å². The van der Waals surface area contributed by atoms with E-state index in [4.69, 9.17) is 4.74 Å². The lowest BCUT2D eigenvalue weighted by atomic mass is 10.2. The fraction of sp³-hybridized carbons (Fsp3) is 0.0667. The van der Waals surface area contributed by atoms with Crippen molar-refractivity contribution in [3.63, 3.8) is 0 Å². The molecule has 0 atom stereocenters. The first-order valence-electron chi connectivity index (χ1n) is 6.06. The van der Waals surface area contributed by atoms with Crippen molar-refractivity contribution in [1.29, 1.82) is 0 Å². The molecule has 0 radical (unpaired) electrons. The van der Waals surface area contributed by atoms with Gasteiger partial charge in [0.15, 0.2) is 0 Å². The molecular formula is C15H13BrN2O3. The molecule has 0 aromatic heterocycles. The summed E-state index contributed by atoms with van der Waals surface area (Å²) in [6, 6.07) is 11.8. The highest BCUT2D eigenvalue weighted by molar-refractivity contribution is 9.10. The summed E-state index contributed by atoms with van der Waals surface area (Å²) in [4.78, 5) is 12.0. The van der Waals surface area contributed by atoms with E-state index in [1.807, 2.05) is 0 Å². The van der Waals surface area contributed by atoms with Gasteiger partial charge in [0.1, 0.15) is 11.5 Å². The Morgan fingerprint density at radius 1 is 1.33 bits per heavy atom. The number of phenols is 1. The van der Waals surface area contributed by atoms with E-state index >= 15 is 0 Å². The average molecular weight is 349 g/mol. The number of halogens is 1. The van der Waals surface area contributed by atoms with Crippen molar-refractivity contribution in [3.05, 3.63) is 58.1 Å². The number of hydrogen-bond donors (Lipinski definition) is 2. The van der Waals surface area contributed by atoms with E-state index in [9.17, 15) is 9.90 Å². The van der Waals surface area contributed by atoms with Gasteiger partial charge in [-0.2, -0.15) is 5.10 Å². The Kier molecular flexibility index (Phi) is 4.94. The summed E-state index contributed by atoms with van der Waals surface area (Å²) in [7, 11) is 1.49. The standard InChI is InChI=1S/C15H13BrN2O3/c1-21-14-5-3-2-4-12(14)15(20)18-17-9-10-8-11(16)6-7-13(10)19/h2-9,19H,1H3,(H,18,20)/b17-9+. The van der Waals surface area contributed by atoms with Gasteiger partial charge in [-0.3, -0.25) is 4.79 Å². The number of phenolic OH excluding ortho intramolecular Hbond substituents is 1. The number of ether oxygens (including phenoxy) is 1. The number of hydrazone groups is 1. The lowest BCUT2D eigenvalue weighted by Gasteiger charge is -2.06. The first kappa shape index (κ1) is 15.1. The number of carbonyl (C=O) groups is 1. The molecule has 0 spiro atoms. The van der Waals surface area contributed by atoms with Crippen LogP contribution in [0.25, 0.3) is 0 Å². The third kappa shape index (κ3) is 3.82. The van der Waals surface area contributed by atoms with Crippen LogP contribution >= 0.6 is 15.9 Å². The van der Waals surface area contributed by atoms with E-state index in [0.29, 0.717) is 16.9 Å². The maximum atomic E-state index is 12.0. The molecule has 2 aromatic rings. The van der Waals surface area contributed by atoms with Crippen LogP contribution in [0.1, 0.15) is 15.9 Å². The molecule has 2 N–H and O–H groups in total. The molecule has 1 amide bonds. The minimum absolute atomic E-state index is 0.0773. The van der Waals surface area contributed by atoms with Crippen LogP contribution in [-0.4, -0.2) is 24.3 Å². The molecule has 0 aliphatic rings. The Morgan fingerprint density at radius 3 is 2.86 bits per heavy atom. The number of methoxy groups -OCH3 is 1. The van der Waals surface area contributed by atoms with Crippen LogP contribution in [0, 0.1) is 0 Å². The van der Waals surface area contributed by atoms with Crippen molar-refractivity contribution in [2.75, 3.05) is 7.11 Å². The maximum Gasteiger partial charge on any atom is 0.275 e. The van der Waals surface area contributed by atoms with Crippen molar-refractivity contribution < 1.29 is 14.6 Å². The van der Waals surface area contributed by atoms with E-state index in [1.165, 1.54) is 19.4 Å². The molecule has 2 aromatic carbocycles. The molecule has 5 nitrogen and oxygen atoms in total. The zero-order chi connectivity index (χ0) is 15.2. The van der Waals surface area contributed by atoms with E-state index in [1.54, 1.807) is 36.4 Å². The van der Waals surface area contributed by atoms with Crippen LogP contribution in [0.5, 0.6) is 11.5 Å². The summed E-state index contributed by atoms with van der Waals surface area (Å²) >= 11 is 3.30. The summed E-state index contributed by atoms with van der Waals surface area (Å²) < 4.78 is 5.91. The van der Waals surface area contributed by atoms with Crippen molar-refractivity contribution >= 4 is 28.1 Å². The van der Waals surface area contributed by atoms with Gasteiger partial charge in [-0.05, 0) is 30.3 Å². The third-order valence-corrected chi connectivity index (χ3v) is 3.20. The highest BCUT2D eigenvalue weighted by Gasteiger charge is 2.10. The predicted molar refractivity (Wildman–Crippen MR) is 83.9 cm³/mol. The minimum Gasteiger partial charge on any atom is -0.507 e. The number of nitrogens with one attached hydrogen (secondary N) is 1. The molecule has 0 bridgehead atoms. The first-order valence-corrected chi connectivity index (χ1v) is 6.86. The Labute approximate surface area is 130 Å². The van der Waals surface area contributed by atoms with Crippen molar-refractivity contribution in [2.45, 2.75) is 0 Å². The second-order valence-corrected chi connectivity index (χ2v) is 5.02. The normalized spacial score (nSPS) is 10.6. The lowest BCUT2D eigenvalue weighted by Crippen LogP contribution is -2.18. The average Bonchev–Trinajstić information content (AvgIpc) is 2.50. The van der Waals surface area contributed by atoms with Crippen LogP contribution in [0.3, 0.4) is 0 Å². The zero-order valence-corrected chi connectivity index (χ0v) is 12.8. The number of rotatable bonds is 4. The van der Waals surface area contributed by atoms with Gasteiger partial charge in [-0.15, -0.1) is 0 Å². The van der Waals surface area contributed by atoms with Gasteiger partial charge >= 0.3 is 0 Å². The number of amides is 1. The Balaban J connectivity index is 2.10. The fourth-order valence-electron chi connectivity index (χ4n) is 1.68. The van der Waals surface area contributed by atoms with Gasteiger partial charge in [-0.25, -0.2) is 5.43 Å². The topological polar surface area (TPSA) is 70.9 Å². The highest BCUT2D eigenvalue weighted by Crippen LogP contribution is 2.20. The van der Waals surface area contributed by atoms with Crippen molar-refractivity contribution in [1.82, 2.24) is 5.43 Å². The zero-order valence-electron chi connectivity index (χ0n) is 11.2. The first-order chi connectivity index (χ1) is 10.1. The second-order valence-electron chi connectivity index (χ2n) is 4.10. The van der Waals surface area contributed by atoms with Gasteiger partial charge in [0, 0.05) is 10.0 Å². The molecule has 0 saturated carbocycles. The van der Waals surface area contributed by atoms with E-state index in [0.717, 1.165) is 4.47 Å². The quantitative estimate of drug-likeness (QED) is 0.659. The maximum absolute atomic E-state index is 12.0. The number of aromatic hydroxyl groups is 1. The highest BCUT2D eigenvalue weighted by atomic mass is 79.9. The van der Waals surface area contributed by atoms with Gasteiger partial charge < -0.3 is 9.84 Å². The van der Waals surface area contributed by atoms with Crippen LogP contribution in [0.4, 0.5) is 0 Å². The molecular weight excluding hydrogens is 336 g/mol. The van der Waals surface area contributed by atoms with Gasteiger partial charge in [0.2, 0.25) is 0 Å². The van der Waals surface area contributed by atoms with Gasteiger partial charge in [-0.1, -0.05) is 28.1 Å². The van der Waals surface area contributed by atoms with Crippen LogP contribution in [0.15, 0.2) is 52.0 Å². The molecule has 0 unspecified atom stereocenters. The lowest BCUT2D eigenvalue weighted by molar-refractivity contribution is 0.0952. The van der Waals surface area contributed by atoms with Gasteiger partial charge in [0.05, 0.1) is 18.9 Å². The molecule has 6 heteroatoms. The monoisotopic (exact) mass is 348 g/mol. The van der Waals surface area contributed by atoms with Gasteiger partial charge in [0.25, 0.3) is 5.91 Å². The van der Waals surface area contributed by atoms with Crippen LogP contribution in [0.2, 0.25) is 0 Å². The second kappa shape index (κ2) is 6.90. The number of benzene rings is 2. The van der Waals surface area contributed by atoms with E-state index in [2.05, 4.69) is 26.5 Å². The van der Waals surface area contributed by atoms with E-state index in [-0.39, 0.29) is 5.75 Å². The van der Waals surface area contributed by atoms with Crippen LogP contribution in [-0.2, 0) is 0 Å². The summed E-state index contributed by atoms with van der Waals surface area (Å²) in [5.41, 5.74) is 3.27. The molecule has 2 rings (SSSR count). The fourth-order valence-corrected chi connectivity index (χ4v) is 2.06. The SMILES string of the molecule is COc1ccccc1C(=O)N/N=C/c1cc(Br)ccc1O.